The van der Waals surface area contributed by atoms with Crippen LogP contribution in [0.1, 0.15) is 0 Å². The quantitative estimate of drug-likeness (QED) is 0.746. The molecule has 0 radical (unpaired) electrons. The molecular weight excluding hydrogens is 276 g/mol. The molecule has 0 saturated carbocycles. The predicted octanol–water partition coefficient (Wildman–Crippen LogP) is 1.61. The number of anilines is 1. The molecule has 0 aliphatic rings. The molecule has 0 aliphatic carbocycles. The number of hydrogen-bond acceptors (Lipinski definition) is 5. The normalized spacial score (nSPS) is 11.8. The first-order valence-corrected chi connectivity index (χ1v) is 7.75. The van der Waals surface area contributed by atoms with Gasteiger partial charge in [0.2, 0.25) is 0 Å². The van der Waals surface area contributed by atoms with E-state index < -0.39 is 9.84 Å². The van der Waals surface area contributed by atoms with E-state index in [-0.39, 0.29) is 4.90 Å². The predicted molar refractivity (Wildman–Crippen MR) is 76.8 cm³/mol. The maximum absolute atomic E-state index is 11.4. The SMILES string of the molecule is CS(=O)(=O)c1ccc(-c2nc3nc(N)ccc3[nH]2)cc1. The third kappa shape index (κ3) is 2.23. The number of fused-ring (bicyclic) bond motifs is 1. The lowest BCUT2D eigenvalue weighted by atomic mass is 10.2. The minimum absolute atomic E-state index is 0.278. The summed E-state index contributed by atoms with van der Waals surface area (Å²) >= 11 is 0. The van der Waals surface area contributed by atoms with Gasteiger partial charge in [-0.1, -0.05) is 0 Å². The highest BCUT2D eigenvalue weighted by Crippen LogP contribution is 2.21. The summed E-state index contributed by atoms with van der Waals surface area (Å²) in [4.78, 5) is 11.9. The molecule has 0 amide bonds. The Morgan fingerprint density at radius 1 is 1.05 bits per heavy atom. The van der Waals surface area contributed by atoms with E-state index in [1.165, 1.54) is 6.26 Å². The van der Waals surface area contributed by atoms with Crippen LogP contribution in [0.25, 0.3) is 22.6 Å². The number of nitrogen functional groups attached to an aromatic ring is 1. The summed E-state index contributed by atoms with van der Waals surface area (Å²) in [5.41, 5.74) is 7.71. The highest BCUT2D eigenvalue weighted by atomic mass is 32.2. The van der Waals surface area contributed by atoms with Crippen molar-refractivity contribution in [3.8, 4) is 11.4 Å². The molecule has 2 aromatic heterocycles. The minimum atomic E-state index is -3.19. The third-order valence-corrected chi connectivity index (χ3v) is 4.05. The number of H-pyrrole nitrogens is 1. The summed E-state index contributed by atoms with van der Waals surface area (Å²) in [6.45, 7) is 0. The zero-order valence-electron chi connectivity index (χ0n) is 10.7. The van der Waals surface area contributed by atoms with Gasteiger partial charge >= 0.3 is 0 Å². The maximum Gasteiger partial charge on any atom is 0.180 e. The molecule has 7 heteroatoms. The number of hydrogen-bond donors (Lipinski definition) is 2. The third-order valence-electron chi connectivity index (χ3n) is 2.92. The van der Waals surface area contributed by atoms with Crippen molar-refractivity contribution in [3.05, 3.63) is 36.4 Å². The van der Waals surface area contributed by atoms with E-state index in [0.29, 0.717) is 17.3 Å². The topological polar surface area (TPSA) is 102 Å². The molecule has 2 heterocycles. The molecule has 1 aromatic carbocycles. The van der Waals surface area contributed by atoms with Gasteiger partial charge in [0, 0.05) is 11.8 Å². The summed E-state index contributed by atoms with van der Waals surface area (Å²) in [5.74, 6) is 1.03. The Hall–Kier alpha value is -2.41. The van der Waals surface area contributed by atoms with Crippen LogP contribution in [0.2, 0.25) is 0 Å². The van der Waals surface area contributed by atoms with Crippen molar-refractivity contribution in [3.63, 3.8) is 0 Å². The number of benzene rings is 1. The van der Waals surface area contributed by atoms with Crippen molar-refractivity contribution in [2.24, 2.45) is 0 Å². The Labute approximate surface area is 115 Å². The van der Waals surface area contributed by atoms with Crippen LogP contribution >= 0.6 is 0 Å². The van der Waals surface area contributed by atoms with Crippen LogP contribution in [-0.2, 0) is 9.84 Å². The molecule has 0 fully saturated rings. The maximum atomic E-state index is 11.4. The number of imidazole rings is 1. The van der Waals surface area contributed by atoms with Crippen molar-refractivity contribution in [2.45, 2.75) is 4.90 Å². The lowest BCUT2D eigenvalue weighted by molar-refractivity contribution is 0.602. The van der Waals surface area contributed by atoms with Crippen LogP contribution in [0.15, 0.2) is 41.3 Å². The van der Waals surface area contributed by atoms with E-state index in [2.05, 4.69) is 15.0 Å². The minimum Gasteiger partial charge on any atom is -0.384 e. The molecule has 0 atom stereocenters. The number of aromatic amines is 1. The second-order valence-corrected chi connectivity index (χ2v) is 6.50. The van der Waals surface area contributed by atoms with Crippen molar-refractivity contribution in [1.29, 1.82) is 0 Å². The molecule has 102 valence electrons. The van der Waals surface area contributed by atoms with Crippen LogP contribution in [0.4, 0.5) is 5.82 Å². The number of nitrogens with zero attached hydrogens (tertiary/aromatic N) is 2. The van der Waals surface area contributed by atoms with Crippen molar-refractivity contribution < 1.29 is 8.42 Å². The van der Waals surface area contributed by atoms with Gasteiger partial charge in [0.05, 0.1) is 10.4 Å². The monoisotopic (exact) mass is 288 g/mol. The highest BCUT2D eigenvalue weighted by molar-refractivity contribution is 7.90. The van der Waals surface area contributed by atoms with Crippen molar-refractivity contribution in [2.75, 3.05) is 12.0 Å². The van der Waals surface area contributed by atoms with Crippen LogP contribution in [-0.4, -0.2) is 29.6 Å². The van der Waals surface area contributed by atoms with Gasteiger partial charge in [-0.25, -0.2) is 18.4 Å². The molecule has 20 heavy (non-hydrogen) atoms. The van der Waals surface area contributed by atoms with Gasteiger partial charge in [-0.2, -0.15) is 0 Å². The summed E-state index contributed by atoms with van der Waals surface area (Å²) in [7, 11) is -3.19. The molecule has 0 bridgehead atoms. The van der Waals surface area contributed by atoms with Gasteiger partial charge in [-0.3, -0.25) is 0 Å². The van der Waals surface area contributed by atoms with Gasteiger partial charge in [-0.05, 0) is 36.4 Å². The zero-order valence-corrected chi connectivity index (χ0v) is 11.5. The summed E-state index contributed by atoms with van der Waals surface area (Å²) in [6.07, 6.45) is 1.18. The van der Waals surface area contributed by atoms with E-state index in [0.717, 1.165) is 11.1 Å². The van der Waals surface area contributed by atoms with Crippen LogP contribution in [0.3, 0.4) is 0 Å². The second kappa shape index (κ2) is 4.31. The largest absolute Gasteiger partial charge is 0.384 e. The molecule has 3 aromatic rings. The average molecular weight is 288 g/mol. The lowest BCUT2D eigenvalue weighted by Gasteiger charge is -1.99. The average Bonchev–Trinajstić information content (AvgIpc) is 2.80. The zero-order chi connectivity index (χ0) is 14.3. The molecule has 0 saturated heterocycles. The first-order valence-electron chi connectivity index (χ1n) is 5.86. The fraction of sp³-hybridized carbons (Fsp3) is 0.0769. The molecular formula is C13H12N4O2S. The van der Waals surface area contributed by atoms with Gasteiger partial charge in [0.15, 0.2) is 15.5 Å². The van der Waals surface area contributed by atoms with E-state index in [1.807, 2.05) is 0 Å². The summed E-state index contributed by atoms with van der Waals surface area (Å²) in [6, 6.07) is 10.0. The summed E-state index contributed by atoms with van der Waals surface area (Å²) in [5, 5.41) is 0. The number of rotatable bonds is 2. The molecule has 3 N–H and O–H groups in total. The number of aromatic nitrogens is 3. The molecule has 3 rings (SSSR count). The van der Waals surface area contributed by atoms with Crippen LogP contribution in [0, 0.1) is 0 Å². The number of nitrogens with two attached hydrogens (primary N) is 1. The highest BCUT2D eigenvalue weighted by Gasteiger charge is 2.09. The number of nitrogens with one attached hydrogen (secondary N) is 1. The fourth-order valence-corrected chi connectivity index (χ4v) is 2.53. The smallest absolute Gasteiger partial charge is 0.180 e. The standard InChI is InChI=1S/C13H12N4O2S/c1-20(18,19)9-4-2-8(3-5-9)12-15-10-6-7-11(14)16-13(10)17-12/h2-7H,1H3,(H3,14,15,16,17). The number of sulfone groups is 1. The summed E-state index contributed by atoms with van der Waals surface area (Å²) < 4.78 is 22.8. The molecule has 0 spiro atoms. The van der Waals surface area contributed by atoms with Gasteiger partial charge in [0.1, 0.15) is 11.6 Å². The van der Waals surface area contributed by atoms with Crippen LogP contribution < -0.4 is 5.73 Å². The van der Waals surface area contributed by atoms with E-state index in [4.69, 9.17) is 5.73 Å². The molecule has 6 nitrogen and oxygen atoms in total. The van der Waals surface area contributed by atoms with Crippen molar-refractivity contribution >= 4 is 26.8 Å². The van der Waals surface area contributed by atoms with E-state index in [1.54, 1.807) is 36.4 Å². The Balaban J connectivity index is 2.07. The second-order valence-electron chi connectivity index (χ2n) is 4.49. The van der Waals surface area contributed by atoms with Gasteiger partial charge in [0.25, 0.3) is 0 Å². The van der Waals surface area contributed by atoms with E-state index in [9.17, 15) is 8.42 Å². The van der Waals surface area contributed by atoms with Crippen LogP contribution in [0.5, 0.6) is 0 Å². The first-order chi connectivity index (χ1) is 9.43. The molecule has 0 unspecified atom stereocenters. The fourth-order valence-electron chi connectivity index (χ4n) is 1.90. The Morgan fingerprint density at radius 2 is 1.75 bits per heavy atom. The Bertz CT molecular complexity index is 882. The van der Waals surface area contributed by atoms with Gasteiger partial charge in [-0.15, -0.1) is 0 Å². The van der Waals surface area contributed by atoms with Crippen molar-refractivity contribution in [1.82, 2.24) is 15.0 Å². The first kappa shape index (κ1) is 12.6. The van der Waals surface area contributed by atoms with E-state index >= 15 is 0 Å². The Morgan fingerprint density at radius 3 is 2.40 bits per heavy atom. The lowest BCUT2D eigenvalue weighted by Crippen LogP contribution is -1.96. The van der Waals surface area contributed by atoms with Gasteiger partial charge < -0.3 is 10.7 Å². The molecule has 0 aliphatic heterocycles. The number of pyridine rings is 1. The Kier molecular flexibility index (Phi) is 2.72.